The van der Waals surface area contributed by atoms with E-state index >= 15 is 0 Å². The zero-order chi connectivity index (χ0) is 29.0. The Morgan fingerprint density at radius 3 is 1.06 bits per heavy atom. The Hall–Kier alpha value is -4.57. The summed E-state index contributed by atoms with van der Waals surface area (Å²) in [6, 6.07) is 60.4. The van der Waals surface area contributed by atoms with Crippen molar-refractivity contribution >= 4 is 65.2 Å². The van der Waals surface area contributed by atoms with Crippen LogP contribution in [0.15, 0.2) is 170 Å². The number of benzene rings is 6. The molecule has 0 aliphatic carbocycles. The van der Waals surface area contributed by atoms with Crippen LogP contribution in [0, 0.1) is 0 Å². The van der Waals surface area contributed by atoms with Crippen LogP contribution >= 0.6 is 0 Å². The first-order valence-corrected chi connectivity index (χ1v) is 15.1. The van der Waals surface area contributed by atoms with Gasteiger partial charge >= 0.3 is 21.7 Å². The van der Waals surface area contributed by atoms with E-state index in [4.69, 9.17) is 0 Å². The molecule has 0 spiro atoms. The largest absolute Gasteiger partial charge is 4.00 e. The normalized spacial score (nSPS) is 10.9. The molecule has 0 atom stereocenters. The molecule has 2 aromatic heterocycles. The van der Waals surface area contributed by atoms with Crippen molar-refractivity contribution in [3.05, 3.63) is 170 Å². The van der Waals surface area contributed by atoms with E-state index in [0.29, 0.717) is 0 Å². The fourth-order valence-corrected chi connectivity index (χ4v) is 7.03. The van der Waals surface area contributed by atoms with Crippen LogP contribution in [0.3, 0.4) is 0 Å². The number of hydrogen-bond acceptors (Lipinski definition) is 0. The van der Waals surface area contributed by atoms with Gasteiger partial charge in [-0.05, 0) is 47.4 Å². The Kier molecular flexibility index (Phi) is 9.15. The third kappa shape index (κ3) is 5.19. The first-order chi connectivity index (χ1) is 21.9. The summed E-state index contributed by atoms with van der Waals surface area (Å²) in [6.07, 6.45) is 0. The topological polar surface area (TPSA) is 9.86 Å². The molecular formula is C42H28Cl2N2Ti. The average Bonchev–Trinajstić information content (AvgIpc) is 3.83. The zero-order valence-corrected chi connectivity index (χ0v) is 28.4. The summed E-state index contributed by atoms with van der Waals surface area (Å²) in [5.41, 5.74) is 7.58. The summed E-state index contributed by atoms with van der Waals surface area (Å²) in [4.78, 5) is 0. The van der Waals surface area contributed by atoms with Gasteiger partial charge in [-0.25, -0.2) is 0 Å². The van der Waals surface area contributed by atoms with E-state index in [0.717, 1.165) is 0 Å². The molecule has 0 amide bonds. The summed E-state index contributed by atoms with van der Waals surface area (Å²) in [5.74, 6) is 0. The van der Waals surface area contributed by atoms with Crippen LogP contribution in [0.25, 0.3) is 76.5 Å². The monoisotopic (exact) mass is 678 g/mol. The predicted molar refractivity (Wildman–Crippen MR) is 188 cm³/mol. The van der Waals surface area contributed by atoms with Gasteiger partial charge in [-0.15, -0.1) is 35.0 Å². The number of fused-ring (bicyclic) bond motifs is 10. The van der Waals surface area contributed by atoms with Gasteiger partial charge in [0.15, 0.2) is 0 Å². The summed E-state index contributed by atoms with van der Waals surface area (Å²) < 4.78 is 4.76. The van der Waals surface area contributed by atoms with Crippen LogP contribution < -0.4 is 24.8 Å². The van der Waals surface area contributed by atoms with Crippen molar-refractivity contribution in [1.82, 2.24) is 9.13 Å². The molecular weight excluding hydrogens is 651 g/mol. The number of halogens is 2. The number of hydrogen-bond donors (Lipinski definition) is 0. The molecule has 10 rings (SSSR count). The third-order valence-electron chi connectivity index (χ3n) is 8.89. The van der Waals surface area contributed by atoms with Crippen molar-refractivity contribution in [2.24, 2.45) is 0 Å². The second kappa shape index (κ2) is 13.3. The van der Waals surface area contributed by atoms with E-state index in [-0.39, 0.29) is 46.5 Å². The molecule has 47 heavy (non-hydrogen) atoms. The predicted octanol–water partition coefficient (Wildman–Crippen LogP) is 5.32. The number of para-hydroxylation sites is 4. The van der Waals surface area contributed by atoms with Crippen LogP contribution in [0.5, 0.6) is 0 Å². The standard InChI is InChI=1S/2C21H14N.2ClH.Ti/c2*1-2-9-16(10-3-1)22-20-13-7-6-12-18(20)19-14-15-8-4-5-11-17(15)21(19)22;;;/h2*1-14H;2*1H;/q2*-1;;;+4/p-2. The number of rotatable bonds is 2. The van der Waals surface area contributed by atoms with Gasteiger partial charge in [0.05, 0.1) is 0 Å². The molecule has 0 aliphatic heterocycles. The van der Waals surface area contributed by atoms with Gasteiger partial charge in [0.1, 0.15) is 0 Å². The van der Waals surface area contributed by atoms with Crippen molar-refractivity contribution in [1.29, 1.82) is 0 Å². The maximum absolute atomic E-state index is 2.38. The third-order valence-corrected chi connectivity index (χ3v) is 8.89. The van der Waals surface area contributed by atoms with Crippen molar-refractivity contribution in [3.63, 3.8) is 0 Å². The fraction of sp³-hybridized carbons (Fsp3) is 0. The molecule has 0 aliphatic rings. The maximum Gasteiger partial charge on any atom is 4.00 e. The molecule has 2 nitrogen and oxygen atoms in total. The SMILES string of the molecule is [Cl-].[Cl-].[Ti+4].c1ccc(-n2c3ccccc3c3[cH-]c4ccccc4c32)cc1.c1ccc(-n2c3ccccc3c3[cH-]c4ccccc4c32)cc1. The van der Waals surface area contributed by atoms with Crippen LogP contribution in [0.2, 0.25) is 0 Å². The van der Waals surface area contributed by atoms with Gasteiger partial charge in [0, 0.05) is 22.4 Å². The molecule has 0 fully saturated rings. The van der Waals surface area contributed by atoms with Gasteiger partial charge in [0.25, 0.3) is 0 Å². The van der Waals surface area contributed by atoms with Crippen LogP contribution in [0.1, 0.15) is 0 Å². The minimum atomic E-state index is 0. The summed E-state index contributed by atoms with van der Waals surface area (Å²) in [6.45, 7) is 0. The molecule has 0 radical (unpaired) electrons. The average molecular weight is 679 g/mol. The smallest absolute Gasteiger partial charge is 1.00 e. The van der Waals surface area contributed by atoms with Gasteiger partial charge in [-0.3, -0.25) is 0 Å². The molecule has 5 heteroatoms. The van der Waals surface area contributed by atoms with E-state index in [2.05, 4.69) is 179 Å². The van der Waals surface area contributed by atoms with Gasteiger partial charge < -0.3 is 33.9 Å². The van der Waals surface area contributed by atoms with Crippen LogP contribution in [0.4, 0.5) is 0 Å². The number of aromatic nitrogens is 2. The number of nitrogens with zero attached hydrogens (tertiary/aromatic N) is 2. The Morgan fingerprint density at radius 1 is 0.340 bits per heavy atom. The first kappa shape index (κ1) is 32.4. The Balaban J connectivity index is 0.000000155. The van der Waals surface area contributed by atoms with Crippen LogP contribution in [-0.4, -0.2) is 9.13 Å². The Labute approximate surface area is 300 Å². The molecule has 8 aromatic carbocycles. The van der Waals surface area contributed by atoms with Gasteiger partial charge in [0.2, 0.25) is 0 Å². The molecule has 0 N–H and O–H groups in total. The minimum Gasteiger partial charge on any atom is -1.00 e. The maximum atomic E-state index is 2.38. The molecule has 0 unspecified atom stereocenters. The van der Waals surface area contributed by atoms with E-state index in [1.165, 1.54) is 76.5 Å². The molecule has 0 saturated carbocycles. The van der Waals surface area contributed by atoms with Crippen molar-refractivity contribution in [2.75, 3.05) is 0 Å². The van der Waals surface area contributed by atoms with E-state index < -0.39 is 0 Å². The molecule has 0 saturated heterocycles. The van der Waals surface area contributed by atoms with Gasteiger partial charge in [-0.1, -0.05) is 142 Å². The van der Waals surface area contributed by atoms with Gasteiger partial charge in [-0.2, -0.15) is 0 Å². The summed E-state index contributed by atoms with van der Waals surface area (Å²) >= 11 is 0. The second-order valence-corrected chi connectivity index (χ2v) is 11.4. The molecule has 0 bridgehead atoms. The van der Waals surface area contributed by atoms with Crippen LogP contribution in [-0.2, 0) is 21.7 Å². The zero-order valence-electron chi connectivity index (χ0n) is 25.3. The van der Waals surface area contributed by atoms with E-state index in [1.807, 2.05) is 0 Å². The first-order valence-electron chi connectivity index (χ1n) is 15.1. The summed E-state index contributed by atoms with van der Waals surface area (Å²) in [5, 5.41) is 10.6. The van der Waals surface area contributed by atoms with E-state index in [9.17, 15) is 0 Å². The second-order valence-electron chi connectivity index (χ2n) is 11.4. The Bertz CT molecular complexity index is 2410. The fourth-order valence-electron chi connectivity index (χ4n) is 7.03. The molecule has 224 valence electrons. The molecule has 10 aromatic rings. The minimum absolute atomic E-state index is 0. The molecule has 2 heterocycles. The van der Waals surface area contributed by atoms with Crippen molar-refractivity contribution < 1.29 is 46.5 Å². The summed E-state index contributed by atoms with van der Waals surface area (Å²) in [7, 11) is 0. The van der Waals surface area contributed by atoms with Crippen molar-refractivity contribution in [3.8, 4) is 11.4 Å². The van der Waals surface area contributed by atoms with E-state index in [1.54, 1.807) is 0 Å². The van der Waals surface area contributed by atoms with Crippen molar-refractivity contribution in [2.45, 2.75) is 0 Å². The quantitative estimate of drug-likeness (QED) is 0.173. The Morgan fingerprint density at radius 2 is 0.660 bits per heavy atom.